The summed E-state index contributed by atoms with van der Waals surface area (Å²) in [5.41, 5.74) is 2.22. The minimum atomic E-state index is -0.0339. The highest BCUT2D eigenvalue weighted by atomic mass is 127. The Morgan fingerprint density at radius 3 is 3.08 bits per heavy atom. The lowest BCUT2D eigenvalue weighted by Crippen LogP contribution is -1.86. The van der Waals surface area contributed by atoms with Crippen molar-refractivity contribution in [1.82, 2.24) is 4.98 Å². The first-order chi connectivity index (χ1) is 6.33. The number of aliphatic hydroxyl groups excluding tert-OH is 1. The van der Waals surface area contributed by atoms with E-state index in [1.165, 1.54) is 8.93 Å². The van der Waals surface area contributed by atoms with Gasteiger partial charge >= 0.3 is 0 Å². The molecule has 2 heterocycles. The van der Waals surface area contributed by atoms with Crippen molar-refractivity contribution in [1.29, 1.82) is 0 Å². The number of halogens is 1. The van der Waals surface area contributed by atoms with E-state index in [9.17, 15) is 0 Å². The number of nitrogens with zero attached hydrogens (tertiary/aromatic N) is 1. The van der Waals surface area contributed by atoms with E-state index >= 15 is 0 Å². The van der Waals surface area contributed by atoms with Crippen LogP contribution in [0.5, 0.6) is 0 Å². The SMILES string of the molecule is OCc1ccc2oc(SI)cc2n1. The number of furan rings is 1. The van der Waals surface area contributed by atoms with E-state index < -0.39 is 0 Å². The van der Waals surface area contributed by atoms with Crippen molar-refractivity contribution in [2.45, 2.75) is 11.7 Å². The Morgan fingerprint density at radius 1 is 1.54 bits per heavy atom. The molecule has 0 saturated carbocycles. The third-order valence-corrected chi connectivity index (χ3v) is 3.30. The molecule has 13 heavy (non-hydrogen) atoms. The maximum Gasteiger partial charge on any atom is 0.173 e. The zero-order valence-electron chi connectivity index (χ0n) is 6.53. The summed E-state index contributed by atoms with van der Waals surface area (Å²) in [7, 11) is 1.51. The molecule has 0 aromatic carbocycles. The standard InChI is InChI=1S/C8H6INO2S/c9-13-8-3-6-7(12-8)2-1-5(4-11)10-6/h1-3,11H,4H2. The summed E-state index contributed by atoms with van der Waals surface area (Å²) >= 11 is 2.15. The molecule has 0 aliphatic rings. The van der Waals surface area contributed by atoms with Gasteiger partial charge in [0.25, 0.3) is 0 Å². The topological polar surface area (TPSA) is 46.3 Å². The fraction of sp³-hybridized carbons (Fsp3) is 0.125. The largest absolute Gasteiger partial charge is 0.447 e. The third kappa shape index (κ3) is 1.82. The average molecular weight is 307 g/mol. The molecule has 3 nitrogen and oxygen atoms in total. The van der Waals surface area contributed by atoms with Gasteiger partial charge in [-0.2, -0.15) is 0 Å². The second kappa shape index (κ2) is 3.85. The monoisotopic (exact) mass is 307 g/mol. The van der Waals surface area contributed by atoms with Crippen LogP contribution >= 0.6 is 30.1 Å². The summed E-state index contributed by atoms with van der Waals surface area (Å²) in [4.78, 5) is 4.20. The number of hydrogen-bond donors (Lipinski definition) is 1. The minimum absolute atomic E-state index is 0.0339. The lowest BCUT2D eigenvalue weighted by atomic mass is 10.3. The van der Waals surface area contributed by atoms with E-state index in [1.807, 2.05) is 12.1 Å². The molecule has 68 valence electrons. The number of hydrogen-bond acceptors (Lipinski definition) is 4. The molecule has 0 aliphatic carbocycles. The maximum absolute atomic E-state index is 8.86. The Labute approximate surface area is 91.1 Å². The molecular weight excluding hydrogens is 301 g/mol. The molecule has 0 aliphatic heterocycles. The zero-order valence-corrected chi connectivity index (χ0v) is 9.50. The van der Waals surface area contributed by atoms with Crippen molar-refractivity contribution in [3.63, 3.8) is 0 Å². The Balaban J connectivity index is 2.57. The first-order valence-corrected chi connectivity index (χ1v) is 6.98. The summed E-state index contributed by atoms with van der Waals surface area (Å²) in [5, 5.41) is 9.69. The maximum atomic E-state index is 8.86. The van der Waals surface area contributed by atoms with Crippen molar-refractivity contribution < 1.29 is 9.52 Å². The number of fused-ring (bicyclic) bond motifs is 1. The first-order valence-electron chi connectivity index (χ1n) is 3.62. The summed E-state index contributed by atoms with van der Waals surface area (Å²) in [6.45, 7) is -0.0339. The van der Waals surface area contributed by atoms with Gasteiger partial charge < -0.3 is 9.52 Å². The molecule has 0 unspecified atom stereocenters. The van der Waals surface area contributed by atoms with Crippen molar-refractivity contribution in [2.24, 2.45) is 0 Å². The van der Waals surface area contributed by atoms with Crippen LogP contribution in [0.2, 0.25) is 0 Å². The lowest BCUT2D eigenvalue weighted by molar-refractivity contribution is 0.277. The van der Waals surface area contributed by atoms with Gasteiger partial charge in [0.1, 0.15) is 5.52 Å². The van der Waals surface area contributed by atoms with Gasteiger partial charge in [0.05, 0.1) is 12.3 Å². The van der Waals surface area contributed by atoms with Crippen LogP contribution in [0.4, 0.5) is 0 Å². The number of pyridine rings is 1. The Morgan fingerprint density at radius 2 is 2.38 bits per heavy atom. The Hall–Kier alpha value is -0.270. The van der Waals surface area contributed by atoms with Gasteiger partial charge in [-0.1, -0.05) is 0 Å². The van der Waals surface area contributed by atoms with Gasteiger partial charge in [-0.25, -0.2) is 4.98 Å². The third-order valence-electron chi connectivity index (χ3n) is 1.65. The molecule has 1 N–H and O–H groups in total. The van der Waals surface area contributed by atoms with Crippen molar-refractivity contribution >= 4 is 41.2 Å². The molecule has 0 fully saturated rings. The van der Waals surface area contributed by atoms with Crippen molar-refractivity contribution in [3.8, 4) is 0 Å². The minimum Gasteiger partial charge on any atom is -0.447 e. The van der Waals surface area contributed by atoms with E-state index in [-0.39, 0.29) is 6.61 Å². The predicted octanol–water partition coefficient (Wildman–Crippen LogP) is 2.76. The van der Waals surface area contributed by atoms with E-state index in [0.29, 0.717) is 5.69 Å². The first kappa shape index (κ1) is 9.29. The Kier molecular flexibility index (Phi) is 2.75. The van der Waals surface area contributed by atoms with Crippen LogP contribution in [-0.4, -0.2) is 10.1 Å². The highest BCUT2D eigenvalue weighted by Crippen LogP contribution is 2.30. The molecule has 0 saturated heterocycles. The summed E-state index contributed by atoms with van der Waals surface area (Å²) in [6, 6.07) is 5.45. The second-order valence-electron chi connectivity index (χ2n) is 2.49. The van der Waals surface area contributed by atoms with Crippen molar-refractivity contribution in [2.75, 3.05) is 0 Å². The van der Waals surface area contributed by atoms with Crippen LogP contribution < -0.4 is 0 Å². The van der Waals surface area contributed by atoms with Crippen LogP contribution in [0.15, 0.2) is 27.7 Å². The Bertz CT molecular complexity index is 427. The van der Waals surface area contributed by atoms with E-state index in [0.717, 1.165) is 16.2 Å². The quantitative estimate of drug-likeness (QED) is 0.867. The van der Waals surface area contributed by atoms with Gasteiger partial charge in [0.2, 0.25) is 0 Å². The van der Waals surface area contributed by atoms with E-state index in [2.05, 4.69) is 26.2 Å². The zero-order chi connectivity index (χ0) is 9.26. The molecule has 0 radical (unpaired) electrons. The van der Waals surface area contributed by atoms with Gasteiger partial charge in [0, 0.05) is 27.3 Å². The molecule has 2 aromatic heterocycles. The highest BCUT2D eigenvalue weighted by Gasteiger charge is 2.04. The molecule has 0 bridgehead atoms. The number of rotatable bonds is 2. The van der Waals surface area contributed by atoms with Crippen LogP contribution in [0.3, 0.4) is 0 Å². The van der Waals surface area contributed by atoms with Crippen LogP contribution in [-0.2, 0) is 6.61 Å². The number of aromatic nitrogens is 1. The lowest BCUT2D eigenvalue weighted by Gasteiger charge is -1.92. The van der Waals surface area contributed by atoms with Gasteiger partial charge in [-0.3, -0.25) is 0 Å². The molecule has 0 spiro atoms. The van der Waals surface area contributed by atoms with Gasteiger partial charge in [-0.05, 0) is 21.1 Å². The molecule has 0 atom stereocenters. The fourth-order valence-corrected chi connectivity index (χ4v) is 2.00. The molecular formula is C8H6INO2S. The van der Waals surface area contributed by atoms with Crippen molar-refractivity contribution in [3.05, 3.63) is 23.9 Å². The van der Waals surface area contributed by atoms with Crippen LogP contribution in [0.25, 0.3) is 11.1 Å². The van der Waals surface area contributed by atoms with Crippen LogP contribution in [0, 0.1) is 0 Å². The summed E-state index contributed by atoms with van der Waals surface area (Å²) in [5.74, 6) is 0. The van der Waals surface area contributed by atoms with E-state index in [1.54, 1.807) is 6.07 Å². The average Bonchev–Trinajstić information content (AvgIpc) is 2.58. The summed E-state index contributed by atoms with van der Waals surface area (Å²) < 4.78 is 5.43. The second-order valence-corrected chi connectivity index (χ2v) is 4.36. The van der Waals surface area contributed by atoms with Crippen LogP contribution in [0.1, 0.15) is 5.69 Å². The smallest absolute Gasteiger partial charge is 0.173 e. The normalized spacial score (nSPS) is 10.9. The highest BCUT2D eigenvalue weighted by molar-refractivity contribution is 14.2. The molecule has 0 amide bonds. The van der Waals surface area contributed by atoms with Gasteiger partial charge in [0.15, 0.2) is 10.7 Å². The molecule has 2 rings (SSSR count). The van der Waals surface area contributed by atoms with Gasteiger partial charge in [-0.15, -0.1) is 0 Å². The summed E-state index contributed by atoms with van der Waals surface area (Å²) in [6.07, 6.45) is 0. The predicted molar refractivity (Wildman–Crippen MR) is 59.8 cm³/mol. The molecule has 5 heteroatoms. The van der Waals surface area contributed by atoms with E-state index in [4.69, 9.17) is 9.52 Å². The number of aliphatic hydroxyl groups is 1. The molecule has 2 aromatic rings. The fourth-order valence-electron chi connectivity index (χ4n) is 1.07.